The lowest BCUT2D eigenvalue weighted by Gasteiger charge is -2.40. The monoisotopic (exact) mass is 269 g/mol. The van der Waals surface area contributed by atoms with Crippen molar-refractivity contribution in [1.82, 2.24) is 5.32 Å². The number of ether oxygens (including phenoxy) is 2. The number of rotatable bonds is 5. The molecule has 0 aromatic rings. The molecule has 0 amide bonds. The molecule has 0 aromatic heterocycles. The first-order valence-electron chi connectivity index (χ1n) is 7.94. The summed E-state index contributed by atoms with van der Waals surface area (Å²) in [5, 5.41) is 3.71. The largest absolute Gasteiger partial charge is 0.381 e. The van der Waals surface area contributed by atoms with Gasteiger partial charge in [-0.15, -0.1) is 0 Å². The summed E-state index contributed by atoms with van der Waals surface area (Å²) in [6.07, 6.45) is 7.94. The Morgan fingerprint density at radius 3 is 2.47 bits per heavy atom. The molecule has 2 rings (SSSR count). The van der Waals surface area contributed by atoms with Crippen LogP contribution >= 0.6 is 0 Å². The van der Waals surface area contributed by atoms with Crippen LogP contribution in [0.2, 0.25) is 0 Å². The van der Waals surface area contributed by atoms with E-state index in [0.29, 0.717) is 11.5 Å². The molecule has 0 aromatic carbocycles. The van der Waals surface area contributed by atoms with Gasteiger partial charge >= 0.3 is 0 Å². The average Bonchev–Trinajstić information content (AvgIpc) is 2.88. The SMILES string of the molecule is CC(C)(C)NCC1(CCC2CCCO2)CCOCC1. The average molecular weight is 269 g/mol. The normalized spacial score (nSPS) is 27.6. The summed E-state index contributed by atoms with van der Waals surface area (Å²) in [5.74, 6) is 0. The highest BCUT2D eigenvalue weighted by Crippen LogP contribution is 2.37. The highest BCUT2D eigenvalue weighted by atomic mass is 16.5. The second-order valence-corrected chi connectivity index (χ2v) is 7.39. The van der Waals surface area contributed by atoms with E-state index in [-0.39, 0.29) is 5.54 Å². The molecule has 2 aliphatic rings. The summed E-state index contributed by atoms with van der Waals surface area (Å²) in [7, 11) is 0. The standard InChI is InChI=1S/C16H31NO2/c1-15(2,3)17-13-16(8-11-18-12-9-16)7-6-14-5-4-10-19-14/h14,17H,4-13H2,1-3H3. The highest BCUT2D eigenvalue weighted by molar-refractivity contribution is 4.87. The molecular weight excluding hydrogens is 238 g/mol. The number of hydrogen-bond donors (Lipinski definition) is 1. The zero-order chi connectivity index (χ0) is 13.8. The van der Waals surface area contributed by atoms with E-state index in [1.54, 1.807) is 0 Å². The van der Waals surface area contributed by atoms with E-state index in [2.05, 4.69) is 26.1 Å². The maximum atomic E-state index is 5.78. The van der Waals surface area contributed by atoms with Crippen molar-refractivity contribution >= 4 is 0 Å². The third-order valence-corrected chi connectivity index (χ3v) is 4.57. The second-order valence-electron chi connectivity index (χ2n) is 7.39. The molecule has 2 fully saturated rings. The fraction of sp³-hybridized carbons (Fsp3) is 1.00. The van der Waals surface area contributed by atoms with Crippen LogP contribution in [-0.4, -0.2) is 38.0 Å². The van der Waals surface area contributed by atoms with Gasteiger partial charge in [0.1, 0.15) is 0 Å². The molecule has 0 saturated carbocycles. The van der Waals surface area contributed by atoms with E-state index in [0.717, 1.165) is 26.4 Å². The van der Waals surface area contributed by atoms with E-state index >= 15 is 0 Å². The summed E-state index contributed by atoms with van der Waals surface area (Å²) in [4.78, 5) is 0. The maximum Gasteiger partial charge on any atom is 0.0576 e. The molecule has 3 heteroatoms. The highest BCUT2D eigenvalue weighted by Gasteiger charge is 2.34. The second kappa shape index (κ2) is 6.55. The molecule has 19 heavy (non-hydrogen) atoms. The molecular formula is C16H31NO2. The molecule has 2 saturated heterocycles. The van der Waals surface area contributed by atoms with Gasteiger partial charge in [-0.1, -0.05) is 0 Å². The molecule has 1 N–H and O–H groups in total. The first kappa shape index (κ1) is 15.3. The first-order chi connectivity index (χ1) is 8.99. The Morgan fingerprint density at radius 2 is 1.89 bits per heavy atom. The van der Waals surface area contributed by atoms with Crippen LogP contribution < -0.4 is 5.32 Å². The van der Waals surface area contributed by atoms with Crippen molar-refractivity contribution < 1.29 is 9.47 Å². The molecule has 2 aliphatic heterocycles. The van der Waals surface area contributed by atoms with Crippen molar-refractivity contribution in [2.75, 3.05) is 26.4 Å². The lowest BCUT2D eigenvalue weighted by atomic mass is 9.75. The summed E-state index contributed by atoms with van der Waals surface area (Å²) in [6, 6.07) is 0. The van der Waals surface area contributed by atoms with E-state index in [1.165, 1.54) is 38.5 Å². The molecule has 1 unspecified atom stereocenters. The zero-order valence-corrected chi connectivity index (χ0v) is 13.0. The predicted octanol–water partition coefficient (Wildman–Crippen LogP) is 3.13. The summed E-state index contributed by atoms with van der Waals surface area (Å²) in [6.45, 7) is 10.7. The van der Waals surface area contributed by atoms with Gasteiger partial charge in [0.2, 0.25) is 0 Å². The van der Waals surface area contributed by atoms with Gasteiger partial charge < -0.3 is 14.8 Å². The van der Waals surface area contributed by atoms with E-state index < -0.39 is 0 Å². The summed E-state index contributed by atoms with van der Waals surface area (Å²) >= 11 is 0. The van der Waals surface area contributed by atoms with Crippen LogP contribution in [0, 0.1) is 5.41 Å². The van der Waals surface area contributed by atoms with Crippen LogP contribution in [0.1, 0.15) is 59.3 Å². The third-order valence-electron chi connectivity index (χ3n) is 4.57. The predicted molar refractivity (Wildman–Crippen MR) is 78.4 cm³/mol. The van der Waals surface area contributed by atoms with Crippen molar-refractivity contribution in [1.29, 1.82) is 0 Å². The number of hydrogen-bond acceptors (Lipinski definition) is 3. The fourth-order valence-electron chi connectivity index (χ4n) is 3.11. The van der Waals surface area contributed by atoms with Crippen LogP contribution in [0.5, 0.6) is 0 Å². The van der Waals surface area contributed by atoms with Crippen molar-refractivity contribution in [3.05, 3.63) is 0 Å². The smallest absolute Gasteiger partial charge is 0.0576 e. The lowest BCUT2D eigenvalue weighted by molar-refractivity contribution is -0.00227. The van der Waals surface area contributed by atoms with Crippen LogP contribution in [0.15, 0.2) is 0 Å². The van der Waals surface area contributed by atoms with Gasteiger partial charge in [-0.25, -0.2) is 0 Å². The minimum Gasteiger partial charge on any atom is -0.381 e. The minimum absolute atomic E-state index is 0.204. The Balaban J connectivity index is 1.85. The zero-order valence-electron chi connectivity index (χ0n) is 13.0. The van der Waals surface area contributed by atoms with Crippen LogP contribution in [0.3, 0.4) is 0 Å². The van der Waals surface area contributed by atoms with Gasteiger partial charge in [-0.05, 0) is 64.7 Å². The van der Waals surface area contributed by atoms with Crippen molar-refractivity contribution in [2.45, 2.75) is 70.9 Å². The van der Waals surface area contributed by atoms with Gasteiger partial charge in [-0.3, -0.25) is 0 Å². The molecule has 0 aliphatic carbocycles. The van der Waals surface area contributed by atoms with Crippen LogP contribution in [-0.2, 0) is 9.47 Å². The van der Waals surface area contributed by atoms with Crippen molar-refractivity contribution in [3.63, 3.8) is 0 Å². The Labute approximate surface area is 118 Å². The Hall–Kier alpha value is -0.120. The van der Waals surface area contributed by atoms with Crippen molar-refractivity contribution in [3.8, 4) is 0 Å². The van der Waals surface area contributed by atoms with Gasteiger partial charge in [0.05, 0.1) is 6.10 Å². The quantitative estimate of drug-likeness (QED) is 0.832. The molecule has 2 heterocycles. The van der Waals surface area contributed by atoms with E-state index in [4.69, 9.17) is 9.47 Å². The summed E-state index contributed by atoms with van der Waals surface area (Å²) in [5.41, 5.74) is 0.632. The third kappa shape index (κ3) is 5.05. The van der Waals surface area contributed by atoms with Gasteiger partial charge in [0, 0.05) is 31.9 Å². The maximum absolute atomic E-state index is 5.78. The van der Waals surface area contributed by atoms with Crippen LogP contribution in [0.4, 0.5) is 0 Å². The van der Waals surface area contributed by atoms with E-state index in [9.17, 15) is 0 Å². The molecule has 1 atom stereocenters. The molecule has 0 radical (unpaired) electrons. The Bertz CT molecular complexity index is 260. The molecule has 0 spiro atoms. The summed E-state index contributed by atoms with van der Waals surface area (Å²) < 4.78 is 11.4. The minimum atomic E-state index is 0.204. The topological polar surface area (TPSA) is 30.5 Å². The van der Waals surface area contributed by atoms with Gasteiger partial charge in [0.15, 0.2) is 0 Å². The Morgan fingerprint density at radius 1 is 1.16 bits per heavy atom. The number of nitrogens with one attached hydrogen (secondary N) is 1. The van der Waals surface area contributed by atoms with Crippen molar-refractivity contribution in [2.24, 2.45) is 5.41 Å². The van der Waals surface area contributed by atoms with Gasteiger partial charge in [0.25, 0.3) is 0 Å². The lowest BCUT2D eigenvalue weighted by Crippen LogP contribution is -2.46. The molecule has 3 nitrogen and oxygen atoms in total. The first-order valence-corrected chi connectivity index (χ1v) is 7.94. The molecule has 112 valence electrons. The Kier molecular flexibility index (Phi) is 5.27. The fourth-order valence-corrected chi connectivity index (χ4v) is 3.11. The van der Waals surface area contributed by atoms with Crippen LogP contribution in [0.25, 0.3) is 0 Å². The molecule has 0 bridgehead atoms. The van der Waals surface area contributed by atoms with E-state index in [1.807, 2.05) is 0 Å². The van der Waals surface area contributed by atoms with Gasteiger partial charge in [-0.2, -0.15) is 0 Å².